The third kappa shape index (κ3) is 2.91. The second kappa shape index (κ2) is 4.22. The molecular formula is C7H13N3O2S2. The standard InChI is InChI=1S/C7H13N3O2S2/c1-3-6-8-9-7(13)10(6)4-5-14(2,11)12/h3-5H2,1-2H3,(H,9,13). The van der Waals surface area contributed by atoms with Crippen molar-refractivity contribution >= 4 is 22.1 Å². The van der Waals surface area contributed by atoms with Gasteiger partial charge in [0.15, 0.2) is 4.77 Å². The van der Waals surface area contributed by atoms with Gasteiger partial charge < -0.3 is 4.57 Å². The average Bonchev–Trinajstić information content (AvgIpc) is 2.41. The molecule has 0 amide bonds. The lowest BCUT2D eigenvalue weighted by atomic mass is 10.4. The van der Waals surface area contributed by atoms with E-state index in [0.717, 1.165) is 12.2 Å². The molecule has 0 bridgehead atoms. The molecule has 0 aliphatic carbocycles. The van der Waals surface area contributed by atoms with Gasteiger partial charge >= 0.3 is 0 Å². The number of hydrogen-bond acceptors (Lipinski definition) is 4. The maximum Gasteiger partial charge on any atom is 0.195 e. The van der Waals surface area contributed by atoms with Crippen molar-refractivity contribution in [2.24, 2.45) is 0 Å². The van der Waals surface area contributed by atoms with Gasteiger partial charge in [-0.05, 0) is 12.2 Å². The molecule has 0 aliphatic heterocycles. The summed E-state index contributed by atoms with van der Waals surface area (Å²) in [6, 6.07) is 0. The van der Waals surface area contributed by atoms with Crippen molar-refractivity contribution in [1.29, 1.82) is 0 Å². The van der Waals surface area contributed by atoms with E-state index in [4.69, 9.17) is 12.2 Å². The van der Waals surface area contributed by atoms with Crippen LogP contribution >= 0.6 is 12.2 Å². The van der Waals surface area contributed by atoms with Gasteiger partial charge in [0, 0.05) is 19.2 Å². The van der Waals surface area contributed by atoms with Crippen molar-refractivity contribution in [3.8, 4) is 0 Å². The van der Waals surface area contributed by atoms with Crippen LogP contribution in [0, 0.1) is 4.77 Å². The van der Waals surface area contributed by atoms with Crippen molar-refractivity contribution in [2.45, 2.75) is 19.9 Å². The van der Waals surface area contributed by atoms with Crippen molar-refractivity contribution in [3.63, 3.8) is 0 Å². The normalized spacial score (nSPS) is 11.9. The van der Waals surface area contributed by atoms with Gasteiger partial charge in [0.05, 0.1) is 5.75 Å². The van der Waals surface area contributed by atoms with Crippen LogP contribution in [0.5, 0.6) is 0 Å². The fraction of sp³-hybridized carbons (Fsp3) is 0.714. The van der Waals surface area contributed by atoms with Gasteiger partial charge in [-0.25, -0.2) is 8.42 Å². The average molecular weight is 235 g/mol. The number of nitrogens with one attached hydrogen (secondary N) is 1. The smallest absolute Gasteiger partial charge is 0.195 e. The van der Waals surface area contributed by atoms with Crippen molar-refractivity contribution < 1.29 is 8.42 Å². The van der Waals surface area contributed by atoms with E-state index in [0.29, 0.717) is 11.3 Å². The molecule has 80 valence electrons. The molecule has 1 rings (SSSR count). The number of aryl methyl sites for hydroxylation is 1. The first-order chi connectivity index (χ1) is 6.44. The Hall–Kier alpha value is -0.690. The number of aromatic nitrogens is 3. The molecule has 1 aromatic rings. The summed E-state index contributed by atoms with van der Waals surface area (Å²) in [5.74, 6) is 0.882. The van der Waals surface area contributed by atoms with Crippen LogP contribution in [0.2, 0.25) is 0 Å². The molecule has 0 aliphatic rings. The zero-order valence-electron chi connectivity index (χ0n) is 8.15. The Labute approximate surface area is 88.1 Å². The second-order valence-electron chi connectivity index (χ2n) is 3.08. The number of sulfone groups is 1. The number of rotatable bonds is 4. The highest BCUT2D eigenvalue weighted by molar-refractivity contribution is 7.90. The minimum atomic E-state index is -2.95. The van der Waals surface area contributed by atoms with Gasteiger partial charge in [-0.15, -0.1) is 0 Å². The van der Waals surface area contributed by atoms with Crippen LogP contribution in [0.3, 0.4) is 0 Å². The van der Waals surface area contributed by atoms with Crippen LogP contribution in [-0.4, -0.2) is 35.2 Å². The number of H-pyrrole nitrogens is 1. The molecule has 1 N–H and O–H groups in total. The van der Waals surface area contributed by atoms with E-state index < -0.39 is 9.84 Å². The first-order valence-electron chi connectivity index (χ1n) is 4.26. The molecule has 0 fully saturated rings. The first-order valence-corrected chi connectivity index (χ1v) is 6.72. The lowest BCUT2D eigenvalue weighted by molar-refractivity contribution is 0.591. The quantitative estimate of drug-likeness (QED) is 0.774. The predicted octanol–water partition coefficient (Wildman–Crippen LogP) is 0.548. The molecule has 0 saturated carbocycles. The van der Waals surface area contributed by atoms with Gasteiger partial charge in [0.1, 0.15) is 15.7 Å². The van der Waals surface area contributed by atoms with Crippen molar-refractivity contribution in [2.75, 3.05) is 12.0 Å². The SMILES string of the molecule is CCc1n[nH]c(=S)n1CCS(C)(=O)=O. The van der Waals surface area contributed by atoms with E-state index in [1.807, 2.05) is 6.92 Å². The highest BCUT2D eigenvalue weighted by atomic mass is 32.2. The molecule has 14 heavy (non-hydrogen) atoms. The summed E-state index contributed by atoms with van der Waals surface area (Å²) in [7, 11) is -2.95. The second-order valence-corrected chi connectivity index (χ2v) is 5.73. The lowest BCUT2D eigenvalue weighted by Crippen LogP contribution is -2.13. The van der Waals surface area contributed by atoms with Gasteiger partial charge in [0.25, 0.3) is 0 Å². The largest absolute Gasteiger partial charge is 0.303 e. The van der Waals surface area contributed by atoms with Crippen LogP contribution < -0.4 is 0 Å². The third-order valence-corrected chi connectivity index (χ3v) is 3.08. The van der Waals surface area contributed by atoms with Gasteiger partial charge in [-0.1, -0.05) is 6.92 Å². The van der Waals surface area contributed by atoms with E-state index in [2.05, 4.69) is 10.2 Å². The molecule has 0 atom stereocenters. The fourth-order valence-electron chi connectivity index (χ4n) is 1.11. The number of aromatic amines is 1. The molecular weight excluding hydrogens is 222 g/mol. The topological polar surface area (TPSA) is 67.8 Å². The zero-order chi connectivity index (χ0) is 10.8. The van der Waals surface area contributed by atoms with Crippen molar-refractivity contribution in [3.05, 3.63) is 10.6 Å². The molecule has 1 heterocycles. The Morgan fingerprint density at radius 3 is 2.71 bits per heavy atom. The minimum Gasteiger partial charge on any atom is -0.303 e. The molecule has 0 unspecified atom stereocenters. The summed E-state index contributed by atoms with van der Waals surface area (Å²) < 4.78 is 24.1. The summed E-state index contributed by atoms with van der Waals surface area (Å²) >= 11 is 4.98. The van der Waals surface area contributed by atoms with Gasteiger partial charge in [-0.3, -0.25) is 5.10 Å². The highest BCUT2D eigenvalue weighted by Crippen LogP contribution is 1.99. The van der Waals surface area contributed by atoms with Crippen LogP contribution in [-0.2, 0) is 22.8 Å². The zero-order valence-corrected chi connectivity index (χ0v) is 9.78. The molecule has 7 heteroatoms. The summed E-state index contributed by atoms with van der Waals surface area (Å²) in [6.45, 7) is 2.32. The molecule has 5 nitrogen and oxygen atoms in total. The van der Waals surface area contributed by atoms with Crippen LogP contribution in [0.15, 0.2) is 0 Å². The maximum absolute atomic E-state index is 11.0. The van der Waals surface area contributed by atoms with Gasteiger partial charge in [0.2, 0.25) is 0 Å². The van der Waals surface area contributed by atoms with E-state index in [9.17, 15) is 8.42 Å². The van der Waals surface area contributed by atoms with Crippen LogP contribution in [0.1, 0.15) is 12.7 Å². The maximum atomic E-state index is 11.0. The van der Waals surface area contributed by atoms with Crippen LogP contribution in [0.25, 0.3) is 0 Å². The summed E-state index contributed by atoms with van der Waals surface area (Å²) in [5, 5.41) is 6.63. The predicted molar refractivity (Wildman–Crippen MR) is 56.5 cm³/mol. The van der Waals surface area contributed by atoms with E-state index in [-0.39, 0.29) is 5.75 Å². The van der Waals surface area contributed by atoms with Crippen LogP contribution in [0.4, 0.5) is 0 Å². The minimum absolute atomic E-state index is 0.0911. The number of hydrogen-bond donors (Lipinski definition) is 1. The Kier molecular flexibility index (Phi) is 3.43. The number of nitrogens with zero attached hydrogens (tertiary/aromatic N) is 2. The van der Waals surface area contributed by atoms with E-state index >= 15 is 0 Å². The summed E-state index contributed by atoms with van der Waals surface area (Å²) in [5.41, 5.74) is 0. The molecule has 0 saturated heterocycles. The van der Waals surface area contributed by atoms with Crippen molar-refractivity contribution in [1.82, 2.24) is 14.8 Å². The summed E-state index contributed by atoms with van der Waals surface area (Å²) in [4.78, 5) is 0. The summed E-state index contributed by atoms with van der Waals surface area (Å²) in [6.07, 6.45) is 1.94. The third-order valence-electron chi connectivity index (χ3n) is 1.84. The molecule has 0 radical (unpaired) electrons. The molecule has 1 aromatic heterocycles. The highest BCUT2D eigenvalue weighted by Gasteiger charge is 2.07. The van der Waals surface area contributed by atoms with E-state index in [1.165, 1.54) is 6.26 Å². The Morgan fingerprint density at radius 1 is 1.57 bits per heavy atom. The monoisotopic (exact) mass is 235 g/mol. The molecule has 0 aromatic carbocycles. The fourth-order valence-corrected chi connectivity index (χ4v) is 1.86. The van der Waals surface area contributed by atoms with E-state index in [1.54, 1.807) is 4.57 Å². The Bertz CT molecular complexity index is 458. The Morgan fingerprint density at radius 2 is 2.21 bits per heavy atom. The van der Waals surface area contributed by atoms with Gasteiger partial charge in [-0.2, -0.15) is 5.10 Å². The molecule has 0 spiro atoms. The lowest BCUT2D eigenvalue weighted by Gasteiger charge is -2.03. The Balaban J connectivity index is 2.86. The first kappa shape index (κ1) is 11.4.